The predicted octanol–water partition coefficient (Wildman–Crippen LogP) is 2.35. The predicted molar refractivity (Wildman–Crippen MR) is 78.5 cm³/mol. The molecule has 1 rings (SSSR count). The van der Waals surface area contributed by atoms with E-state index < -0.39 is 0 Å². The molecule has 0 saturated carbocycles. The van der Waals surface area contributed by atoms with Crippen LogP contribution in [-0.2, 0) is 0 Å². The topological polar surface area (TPSA) is 78.9 Å². The summed E-state index contributed by atoms with van der Waals surface area (Å²) in [5.41, 5.74) is 7.11. The Labute approximate surface area is 121 Å². The maximum atomic E-state index is 12.5. The molecule has 0 spiro atoms. The fraction of sp³-hybridized carbons (Fsp3) is 0.385. The number of amidine groups is 1. The number of amides is 1. The standard InChI is InChI=1S/C13H18BrN3O2/c1-8(2)17(7-12(15)16-19)13(18)10-5-4-9(3)6-11(10)14/h4-6,8,19H,7H2,1-3H3,(H2,15,16). The van der Waals surface area contributed by atoms with Gasteiger partial charge in [-0.3, -0.25) is 4.79 Å². The third-order valence-electron chi connectivity index (χ3n) is 2.70. The molecule has 0 aliphatic rings. The van der Waals surface area contributed by atoms with Crippen LogP contribution in [0.5, 0.6) is 0 Å². The molecule has 104 valence electrons. The Morgan fingerprint density at radius 3 is 2.63 bits per heavy atom. The van der Waals surface area contributed by atoms with Crippen LogP contribution >= 0.6 is 15.9 Å². The van der Waals surface area contributed by atoms with Gasteiger partial charge in [0.05, 0.1) is 12.1 Å². The van der Waals surface area contributed by atoms with E-state index in [4.69, 9.17) is 10.9 Å². The molecule has 1 amide bonds. The van der Waals surface area contributed by atoms with Gasteiger partial charge in [0.1, 0.15) is 0 Å². The lowest BCUT2D eigenvalue weighted by Crippen LogP contribution is -2.43. The van der Waals surface area contributed by atoms with Crippen LogP contribution in [0.4, 0.5) is 0 Å². The molecule has 0 bridgehead atoms. The maximum absolute atomic E-state index is 12.5. The van der Waals surface area contributed by atoms with Crippen molar-refractivity contribution < 1.29 is 10.0 Å². The second-order valence-electron chi connectivity index (χ2n) is 4.60. The summed E-state index contributed by atoms with van der Waals surface area (Å²) in [6.07, 6.45) is 0. The van der Waals surface area contributed by atoms with Gasteiger partial charge in [-0.25, -0.2) is 0 Å². The minimum atomic E-state index is -0.159. The Kier molecular flexibility index (Phi) is 5.35. The van der Waals surface area contributed by atoms with E-state index in [2.05, 4.69) is 21.1 Å². The van der Waals surface area contributed by atoms with E-state index in [0.717, 1.165) is 10.0 Å². The Balaban J connectivity index is 3.06. The summed E-state index contributed by atoms with van der Waals surface area (Å²) in [5.74, 6) is -0.154. The quantitative estimate of drug-likeness (QED) is 0.385. The van der Waals surface area contributed by atoms with E-state index in [-0.39, 0.29) is 24.3 Å². The SMILES string of the molecule is Cc1ccc(C(=O)N(C/C(N)=N/O)C(C)C)c(Br)c1. The summed E-state index contributed by atoms with van der Waals surface area (Å²) in [4.78, 5) is 14.0. The summed E-state index contributed by atoms with van der Waals surface area (Å²) in [5, 5.41) is 11.5. The molecule has 0 heterocycles. The molecule has 0 aromatic heterocycles. The number of halogens is 1. The molecule has 0 radical (unpaired) electrons. The first-order chi connectivity index (χ1) is 8.86. The highest BCUT2D eigenvalue weighted by molar-refractivity contribution is 9.10. The second-order valence-corrected chi connectivity index (χ2v) is 5.46. The van der Waals surface area contributed by atoms with Crippen LogP contribution in [0.25, 0.3) is 0 Å². The van der Waals surface area contributed by atoms with E-state index in [9.17, 15) is 4.79 Å². The van der Waals surface area contributed by atoms with E-state index in [0.29, 0.717) is 5.56 Å². The summed E-state index contributed by atoms with van der Waals surface area (Å²) < 4.78 is 0.739. The minimum absolute atomic E-state index is 0.00489. The number of carbonyl (C=O) groups excluding carboxylic acids is 1. The zero-order valence-electron chi connectivity index (χ0n) is 11.2. The molecule has 0 unspecified atom stereocenters. The maximum Gasteiger partial charge on any atom is 0.255 e. The molecule has 0 fully saturated rings. The fourth-order valence-corrected chi connectivity index (χ4v) is 2.31. The Hall–Kier alpha value is -1.56. The van der Waals surface area contributed by atoms with Gasteiger partial charge in [0.15, 0.2) is 5.84 Å². The van der Waals surface area contributed by atoms with Crippen LogP contribution < -0.4 is 5.73 Å². The van der Waals surface area contributed by atoms with Gasteiger partial charge in [-0.1, -0.05) is 11.2 Å². The van der Waals surface area contributed by atoms with Crippen molar-refractivity contribution in [1.82, 2.24) is 4.90 Å². The molecule has 0 atom stereocenters. The van der Waals surface area contributed by atoms with Gasteiger partial charge in [0.2, 0.25) is 0 Å². The zero-order valence-corrected chi connectivity index (χ0v) is 12.8. The molecule has 3 N–H and O–H groups in total. The number of rotatable bonds is 4. The largest absolute Gasteiger partial charge is 0.409 e. The third kappa shape index (κ3) is 3.96. The zero-order chi connectivity index (χ0) is 14.6. The highest BCUT2D eigenvalue weighted by Gasteiger charge is 2.21. The molecule has 5 nitrogen and oxygen atoms in total. The van der Waals surface area contributed by atoms with Gasteiger partial charge in [0, 0.05) is 10.5 Å². The van der Waals surface area contributed by atoms with Crippen molar-refractivity contribution in [1.29, 1.82) is 0 Å². The Morgan fingerprint density at radius 2 is 2.16 bits per heavy atom. The number of carbonyl (C=O) groups is 1. The van der Waals surface area contributed by atoms with Gasteiger partial charge >= 0.3 is 0 Å². The molecular weight excluding hydrogens is 310 g/mol. The highest BCUT2D eigenvalue weighted by Crippen LogP contribution is 2.20. The molecule has 0 aliphatic heterocycles. The van der Waals surface area contributed by atoms with Gasteiger partial charge < -0.3 is 15.8 Å². The summed E-state index contributed by atoms with van der Waals surface area (Å²) in [6.45, 7) is 5.80. The monoisotopic (exact) mass is 327 g/mol. The number of nitrogens with two attached hydrogens (primary N) is 1. The highest BCUT2D eigenvalue weighted by atomic mass is 79.9. The van der Waals surface area contributed by atoms with Crippen molar-refractivity contribution in [3.05, 3.63) is 33.8 Å². The molecule has 19 heavy (non-hydrogen) atoms. The van der Waals surface area contributed by atoms with Crippen molar-refractivity contribution in [3.8, 4) is 0 Å². The first-order valence-electron chi connectivity index (χ1n) is 5.90. The molecule has 1 aromatic rings. The van der Waals surface area contributed by atoms with Crippen LogP contribution in [-0.4, -0.2) is 34.4 Å². The van der Waals surface area contributed by atoms with Crippen LogP contribution in [0.1, 0.15) is 29.8 Å². The Bertz CT molecular complexity index is 501. The second kappa shape index (κ2) is 6.56. The van der Waals surface area contributed by atoms with Crippen LogP contribution in [0.15, 0.2) is 27.8 Å². The molecule has 1 aromatic carbocycles. The van der Waals surface area contributed by atoms with Gasteiger partial charge in [-0.05, 0) is 54.4 Å². The van der Waals surface area contributed by atoms with Crippen LogP contribution in [0.3, 0.4) is 0 Å². The molecule has 6 heteroatoms. The van der Waals surface area contributed by atoms with E-state index in [1.54, 1.807) is 11.0 Å². The van der Waals surface area contributed by atoms with Gasteiger partial charge in [-0.15, -0.1) is 0 Å². The lowest BCUT2D eigenvalue weighted by molar-refractivity contribution is 0.0733. The van der Waals surface area contributed by atoms with Crippen LogP contribution in [0.2, 0.25) is 0 Å². The van der Waals surface area contributed by atoms with Crippen molar-refractivity contribution in [2.75, 3.05) is 6.54 Å². The minimum Gasteiger partial charge on any atom is -0.409 e. The average molecular weight is 328 g/mol. The van der Waals surface area contributed by atoms with E-state index >= 15 is 0 Å². The lowest BCUT2D eigenvalue weighted by Gasteiger charge is -2.26. The number of benzene rings is 1. The van der Waals surface area contributed by atoms with Crippen LogP contribution in [0, 0.1) is 6.92 Å². The van der Waals surface area contributed by atoms with E-state index in [1.807, 2.05) is 32.9 Å². The summed E-state index contributed by atoms with van der Waals surface area (Å²) in [7, 11) is 0. The van der Waals surface area contributed by atoms with Gasteiger partial charge in [0.25, 0.3) is 5.91 Å². The number of aryl methyl sites for hydroxylation is 1. The third-order valence-corrected chi connectivity index (χ3v) is 3.36. The number of hydrogen-bond donors (Lipinski definition) is 2. The Morgan fingerprint density at radius 1 is 1.53 bits per heavy atom. The van der Waals surface area contributed by atoms with Crippen molar-refractivity contribution in [2.24, 2.45) is 10.9 Å². The average Bonchev–Trinajstić information content (AvgIpc) is 2.34. The first kappa shape index (κ1) is 15.5. The smallest absolute Gasteiger partial charge is 0.255 e. The lowest BCUT2D eigenvalue weighted by atomic mass is 10.1. The fourth-order valence-electron chi connectivity index (χ4n) is 1.64. The molecular formula is C13H18BrN3O2. The summed E-state index contributed by atoms with van der Waals surface area (Å²) in [6, 6.07) is 5.47. The number of nitrogens with zero attached hydrogens (tertiary/aromatic N) is 2. The summed E-state index contributed by atoms with van der Waals surface area (Å²) >= 11 is 3.39. The first-order valence-corrected chi connectivity index (χ1v) is 6.69. The van der Waals surface area contributed by atoms with E-state index in [1.165, 1.54) is 0 Å². The van der Waals surface area contributed by atoms with Crippen molar-refractivity contribution in [3.63, 3.8) is 0 Å². The normalized spacial score (nSPS) is 11.7. The number of hydrogen-bond acceptors (Lipinski definition) is 3. The molecule has 0 aliphatic carbocycles. The van der Waals surface area contributed by atoms with Crippen molar-refractivity contribution in [2.45, 2.75) is 26.8 Å². The number of oxime groups is 1. The van der Waals surface area contributed by atoms with Gasteiger partial charge in [-0.2, -0.15) is 0 Å². The molecule has 0 saturated heterocycles. The van der Waals surface area contributed by atoms with Crippen molar-refractivity contribution >= 4 is 27.7 Å².